The summed E-state index contributed by atoms with van der Waals surface area (Å²) in [5.41, 5.74) is 6.41. The Morgan fingerprint density at radius 2 is 2.09 bits per heavy atom. The summed E-state index contributed by atoms with van der Waals surface area (Å²) in [6.07, 6.45) is 2.76. The minimum absolute atomic E-state index is 0.551. The van der Waals surface area contributed by atoms with Crippen molar-refractivity contribution in [3.63, 3.8) is 0 Å². The quantitative estimate of drug-likeness (QED) is 0.651. The molecule has 0 aromatic heterocycles. The van der Waals surface area contributed by atoms with Crippen molar-refractivity contribution in [2.24, 2.45) is 11.7 Å². The van der Waals surface area contributed by atoms with Crippen LogP contribution in [0.1, 0.15) is 34.1 Å². The molecule has 0 aromatic carbocycles. The Balaban J connectivity index is 3.88. The van der Waals surface area contributed by atoms with Gasteiger partial charge in [-0.2, -0.15) is 0 Å². The largest absolute Gasteiger partial charge is 0.403 e. The van der Waals surface area contributed by atoms with E-state index in [1.807, 2.05) is 6.92 Å². The van der Waals surface area contributed by atoms with Gasteiger partial charge >= 0.3 is 0 Å². The van der Waals surface area contributed by atoms with E-state index in [9.17, 15) is 0 Å². The molecule has 0 fully saturated rings. The fraction of sp³-hybridized carbons (Fsp3) is 0.778. The van der Waals surface area contributed by atoms with Gasteiger partial charge in [0.25, 0.3) is 0 Å². The Morgan fingerprint density at radius 1 is 1.55 bits per heavy atom. The molecule has 0 amide bonds. The first-order valence-corrected chi connectivity index (χ1v) is 4.26. The summed E-state index contributed by atoms with van der Waals surface area (Å²) in [7, 11) is 0. The van der Waals surface area contributed by atoms with Crippen LogP contribution in [-0.4, -0.2) is 6.04 Å². The van der Waals surface area contributed by atoms with Crippen molar-refractivity contribution in [2.75, 3.05) is 0 Å². The smallest absolute Gasteiger partial charge is 0.0278 e. The summed E-state index contributed by atoms with van der Waals surface area (Å²) in [6.45, 7) is 8.60. The normalized spacial score (nSPS) is 15.2. The molecule has 0 rings (SSSR count). The first-order chi connectivity index (χ1) is 5.11. The third kappa shape index (κ3) is 3.91. The number of nitrogens with two attached hydrogens (primary N) is 1. The average molecular weight is 156 g/mol. The highest BCUT2D eigenvalue weighted by Crippen LogP contribution is 2.06. The van der Waals surface area contributed by atoms with E-state index in [-0.39, 0.29) is 0 Å². The van der Waals surface area contributed by atoms with Gasteiger partial charge in [-0.3, -0.25) is 0 Å². The molecular weight excluding hydrogens is 136 g/mol. The Kier molecular flexibility index (Phi) is 4.75. The highest BCUT2D eigenvalue weighted by Gasteiger charge is 2.09. The minimum atomic E-state index is 0.551. The molecule has 2 heteroatoms. The number of hydrogen-bond donors (Lipinski definition) is 2. The summed E-state index contributed by atoms with van der Waals surface area (Å²) in [4.78, 5) is 0. The topological polar surface area (TPSA) is 38.0 Å². The van der Waals surface area contributed by atoms with Crippen molar-refractivity contribution >= 4 is 0 Å². The van der Waals surface area contributed by atoms with Crippen LogP contribution in [0.4, 0.5) is 0 Å². The molecule has 0 saturated heterocycles. The van der Waals surface area contributed by atoms with Gasteiger partial charge in [-0.05, 0) is 19.3 Å². The number of allylic oxidation sites excluding steroid dienone is 1. The maximum absolute atomic E-state index is 5.35. The molecule has 1 unspecified atom stereocenters. The van der Waals surface area contributed by atoms with E-state index in [0.717, 1.165) is 12.1 Å². The van der Waals surface area contributed by atoms with Gasteiger partial charge in [0.1, 0.15) is 0 Å². The molecule has 2 nitrogen and oxygen atoms in total. The van der Waals surface area contributed by atoms with Crippen molar-refractivity contribution in [3.05, 3.63) is 11.9 Å². The third-order valence-electron chi connectivity index (χ3n) is 1.91. The lowest BCUT2D eigenvalue weighted by molar-refractivity contribution is 0.418. The molecule has 0 saturated carbocycles. The third-order valence-corrected chi connectivity index (χ3v) is 1.91. The molecule has 0 aliphatic carbocycles. The van der Waals surface area contributed by atoms with Gasteiger partial charge in [0.05, 0.1) is 0 Å². The zero-order valence-corrected chi connectivity index (χ0v) is 8.02. The summed E-state index contributed by atoms with van der Waals surface area (Å²) < 4.78 is 0. The van der Waals surface area contributed by atoms with Gasteiger partial charge in [0.2, 0.25) is 0 Å². The molecular formula is C9H20N2. The predicted octanol–water partition coefficient (Wildman–Crippen LogP) is 1.83. The van der Waals surface area contributed by atoms with Gasteiger partial charge < -0.3 is 11.1 Å². The van der Waals surface area contributed by atoms with Crippen LogP contribution >= 0.6 is 0 Å². The maximum Gasteiger partial charge on any atom is 0.0278 e. The monoisotopic (exact) mass is 156 g/mol. The van der Waals surface area contributed by atoms with Crippen molar-refractivity contribution in [3.8, 4) is 0 Å². The Bertz CT molecular complexity index is 128. The van der Waals surface area contributed by atoms with Crippen LogP contribution in [-0.2, 0) is 0 Å². The zero-order valence-electron chi connectivity index (χ0n) is 8.02. The highest BCUT2D eigenvalue weighted by atomic mass is 14.9. The van der Waals surface area contributed by atoms with E-state index in [0.29, 0.717) is 12.0 Å². The number of hydrogen-bond acceptors (Lipinski definition) is 2. The molecule has 11 heavy (non-hydrogen) atoms. The van der Waals surface area contributed by atoms with Gasteiger partial charge in [0, 0.05) is 17.9 Å². The summed E-state index contributed by atoms with van der Waals surface area (Å²) in [5.74, 6) is 0.662. The summed E-state index contributed by atoms with van der Waals surface area (Å²) in [6, 6.07) is 0.551. The second-order valence-corrected chi connectivity index (χ2v) is 3.25. The SMILES string of the molecule is CCC(N/C(C)=C\N)C(C)C. The van der Waals surface area contributed by atoms with E-state index in [1.54, 1.807) is 6.20 Å². The van der Waals surface area contributed by atoms with E-state index in [4.69, 9.17) is 5.73 Å². The van der Waals surface area contributed by atoms with Crippen LogP contribution in [0.25, 0.3) is 0 Å². The lowest BCUT2D eigenvalue weighted by atomic mass is 10.0. The second kappa shape index (κ2) is 5.05. The summed E-state index contributed by atoms with van der Waals surface area (Å²) >= 11 is 0. The molecule has 0 spiro atoms. The molecule has 0 bridgehead atoms. The van der Waals surface area contributed by atoms with Crippen LogP contribution in [0.5, 0.6) is 0 Å². The number of rotatable bonds is 4. The first kappa shape index (κ1) is 10.3. The predicted molar refractivity (Wildman–Crippen MR) is 50.0 cm³/mol. The van der Waals surface area contributed by atoms with Crippen LogP contribution in [0.2, 0.25) is 0 Å². The van der Waals surface area contributed by atoms with Crippen LogP contribution in [0.3, 0.4) is 0 Å². The maximum atomic E-state index is 5.35. The average Bonchev–Trinajstić information content (AvgIpc) is 1.99. The zero-order chi connectivity index (χ0) is 8.85. The fourth-order valence-corrected chi connectivity index (χ4v) is 1.08. The van der Waals surface area contributed by atoms with Crippen molar-refractivity contribution in [1.82, 2.24) is 5.32 Å². The van der Waals surface area contributed by atoms with E-state index < -0.39 is 0 Å². The van der Waals surface area contributed by atoms with E-state index >= 15 is 0 Å². The fourth-order valence-electron chi connectivity index (χ4n) is 1.08. The lowest BCUT2D eigenvalue weighted by Crippen LogP contribution is -2.32. The molecule has 66 valence electrons. The second-order valence-electron chi connectivity index (χ2n) is 3.25. The van der Waals surface area contributed by atoms with E-state index in [1.165, 1.54) is 0 Å². The van der Waals surface area contributed by atoms with Gasteiger partial charge in [-0.25, -0.2) is 0 Å². The Morgan fingerprint density at radius 3 is 2.36 bits per heavy atom. The van der Waals surface area contributed by atoms with Crippen LogP contribution in [0.15, 0.2) is 11.9 Å². The number of nitrogens with one attached hydrogen (secondary N) is 1. The standard InChI is InChI=1S/C9H20N2/c1-5-9(7(2)3)11-8(4)6-10/h6-7,9,11H,5,10H2,1-4H3/b8-6-. The molecule has 3 N–H and O–H groups in total. The molecule has 0 aromatic rings. The molecule has 0 heterocycles. The van der Waals surface area contributed by atoms with Crippen molar-refractivity contribution in [1.29, 1.82) is 0 Å². The highest BCUT2D eigenvalue weighted by molar-refractivity contribution is 4.94. The minimum Gasteiger partial charge on any atom is -0.403 e. The molecule has 0 radical (unpaired) electrons. The van der Waals surface area contributed by atoms with Gasteiger partial charge in [-0.1, -0.05) is 20.8 Å². The van der Waals surface area contributed by atoms with E-state index in [2.05, 4.69) is 26.1 Å². The lowest BCUT2D eigenvalue weighted by Gasteiger charge is -2.21. The Hall–Kier alpha value is -0.660. The van der Waals surface area contributed by atoms with Crippen LogP contribution < -0.4 is 11.1 Å². The van der Waals surface area contributed by atoms with Crippen molar-refractivity contribution in [2.45, 2.75) is 40.2 Å². The summed E-state index contributed by atoms with van der Waals surface area (Å²) in [5, 5.41) is 3.35. The van der Waals surface area contributed by atoms with Crippen molar-refractivity contribution < 1.29 is 0 Å². The Labute approximate surface area is 69.9 Å². The van der Waals surface area contributed by atoms with Crippen LogP contribution in [0, 0.1) is 5.92 Å². The first-order valence-electron chi connectivity index (χ1n) is 4.26. The molecule has 1 atom stereocenters. The molecule has 0 aliphatic heterocycles. The van der Waals surface area contributed by atoms with Gasteiger partial charge in [0.15, 0.2) is 0 Å². The molecule has 0 aliphatic rings. The van der Waals surface area contributed by atoms with Gasteiger partial charge in [-0.15, -0.1) is 0 Å².